The molecule has 1 aromatic carbocycles. The zero-order valence-electron chi connectivity index (χ0n) is 9.51. The number of nitrogens with two attached hydrogens (primary N) is 1. The second-order valence-electron chi connectivity index (χ2n) is 4.06. The fraction of sp³-hybridized carbons (Fsp3) is 0.0714. The molecule has 0 aliphatic heterocycles. The Morgan fingerprint density at radius 3 is 2.83 bits per heavy atom. The van der Waals surface area contributed by atoms with Crippen LogP contribution in [0.5, 0.6) is 0 Å². The van der Waals surface area contributed by atoms with Gasteiger partial charge in [0.2, 0.25) is 0 Å². The first-order chi connectivity index (χ1) is 8.75. The number of rotatable bonds is 2. The molecule has 0 bridgehead atoms. The Hall–Kier alpha value is -1.65. The minimum absolute atomic E-state index is 0.288. The standard InChI is InChI=1S/C14H11BrN2O/c15-13-5-4-12(18-13)14(16)10-3-1-2-9-6-7-17-8-11(9)10/h1-8,14H,16H2. The van der Waals surface area contributed by atoms with Crippen molar-refractivity contribution in [2.24, 2.45) is 5.73 Å². The minimum atomic E-state index is -0.288. The monoisotopic (exact) mass is 302 g/mol. The first-order valence-corrected chi connectivity index (χ1v) is 6.38. The van der Waals surface area contributed by atoms with Gasteiger partial charge in [0.05, 0.1) is 6.04 Å². The van der Waals surface area contributed by atoms with E-state index in [1.807, 2.05) is 42.6 Å². The normalized spacial score (nSPS) is 12.8. The van der Waals surface area contributed by atoms with Crippen LogP contribution in [0.2, 0.25) is 0 Å². The lowest BCUT2D eigenvalue weighted by molar-refractivity contribution is 0.471. The molecule has 3 rings (SSSR count). The zero-order chi connectivity index (χ0) is 12.5. The van der Waals surface area contributed by atoms with Crippen LogP contribution in [0.15, 0.2) is 57.9 Å². The van der Waals surface area contributed by atoms with Gasteiger partial charge in [-0.05, 0) is 45.1 Å². The maximum absolute atomic E-state index is 6.25. The Kier molecular flexibility index (Phi) is 2.89. The molecule has 0 radical (unpaired) electrons. The number of nitrogens with zero attached hydrogens (tertiary/aromatic N) is 1. The molecule has 0 fully saturated rings. The summed E-state index contributed by atoms with van der Waals surface area (Å²) in [5.74, 6) is 0.734. The van der Waals surface area contributed by atoms with Gasteiger partial charge in [0.25, 0.3) is 0 Å². The molecule has 3 nitrogen and oxygen atoms in total. The van der Waals surface area contributed by atoms with Crippen LogP contribution >= 0.6 is 15.9 Å². The van der Waals surface area contributed by atoms with E-state index in [0.29, 0.717) is 4.67 Å². The van der Waals surface area contributed by atoms with Crippen LogP contribution in [0.25, 0.3) is 10.8 Å². The van der Waals surface area contributed by atoms with Gasteiger partial charge < -0.3 is 10.2 Å². The lowest BCUT2D eigenvalue weighted by Crippen LogP contribution is -2.11. The number of pyridine rings is 1. The number of aromatic nitrogens is 1. The van der Waals surface area contributed by atoms with Gasteiger partial charge >= 0.3 is 0 Å². The number of hydrogen-bond donors (Lipinski definition) is 1. The van der Waals surface area contributed by atoms with Gasteiger partial charge in [-0.2, -0.15) is 0 Å². The molecule has 18 heavy (non-hydrogen) atoms. The van der Waals surface area contributed by atoms with Crippen LogP contribution in [0.4, 0.5) is 0 Å². The van der Waals surface area contributed by atoms with E-state index >= 15 is 0 Å². The number of furan rings is 1. The van der Waals surface area contributed by atoms with Gasteiger partial charge in [-0.25, -0.2) is 0 Å². The molecule has 0 aliphatic carbocycles. The van der Waals surface area contributed by atoms with Crippen molar-refractivity contribution in [1.82, 2.24) is 4.98 Å². The van der Waals surface area contributed by atoms with Crippen LogP contribution in [-0.4, -0.2) is 4.98 Å². The van der Waals surface area contributed by atoms with Crippen molar-refractivity contribution in [3.8, 4) is 0 Å². The molecule has 0 amide bonds. The molecule has 0 aliphatic rings. The highest BCUT2D eigenvalue weighted by Crippen LogP contribution is 2.28. The van der Waals surface area contributed by atoms with E-state index < -0.39 is 0 Å². The molecule has 1 unspecified atom stereocenters. The summed E-state index contributed by atoms with van der Waals surface area (Å²) in [6.07, 6.45) is 3.61. The highest BCUT2D eigenvalue weighted by Gasteiger charge is 2.15. The summed E-state index contributed by atoms with van der Waals surface area (Å²) in [6.45, 7) is 0. The largest absolute Gasteiger partial charge is 0.452 e. The summed E-state index contributed by atoms with van der Waals surface area (Å²) < 4.78 is 6.21. The number of hydrogen-bond acceptors (Lipinski definition) is 3. The quantitative estimate of drug-likeness (QED) is 0.786. The summed E-state index contributed by atoms with van der Waals surface area (Å²) in [5.41, 5.74) is 7.27. The fourth-order valence-corrected chi connectivity index (χ4v) is 2.38. The molecular formula is C14H11BrN2O. The lowest BCUT2D eigenvalue weighted by Gasteiger charge is -2.12. The maximum atomic E-state index is 6.25. The van der Waals surface area contributed by atoms with E-state index in [1.165, 1.54) is 0 Å². The molecule has 3 aromatic rings. The average molecular weight is 303 g/mol. The van der Waals surface area contributed by atoms with Crippen molar-refractivity contribution in [2.75, 3.05) is 0 Å². The topological polar surface area (TPSA) is 52.0 Å². The second kappa shape index (κ2) is 4.55. The van der Waals surface area contributed by atoms with Gasteiger partial charge in [-0.1, -0.05) is 18.2 Å². The van der Waals surface area contributed by atoms with Crippen molar-refractivity contribution >= 4 is 26.7 Å². The minimum Gasteiger partial charge on any atom is -0.452 e. The highest BCUT2D eigenvalue weighted by atomic mass is 79.9. The van der Waals surface area contributed by atoms with Crippen molar-refractivity contribution in [2.45, 2.75) is 6.04 Å². The molecule has 2 N–H and O–H groups in total. The molecular weight excluding hydrogens is 292 g/mol. The Bertz CT molecular complexity index is 688. The Labute approximate surface area is 113 Å². The van der Waals surface area contributed by atoms with Gasteiger partial charge in [0.1, 0.15) is 5.76 Å². The number of halogens is 1. The van der Waals surface area contributed by atoms with Crippen LogP contribution in [0.3, 0.4) is 0 Å². The molecule has 0 saturated heterocycles. The molecule has 0 saturated carbocycles. The summed E-state index contributed by atoms with van der Waals surface area (Å²) >= 11 is 3.29. The Balaban J connectivity index is 2.14. The lowest BCUT2D eigenvalue weighted by atomic mass is 9.99. The van der Waals surface area contributed by atoms with E-state index in [0.717, 1.165) is 22.1 Å². The van der Waals surface area contributed by atoms with E-state index in [9.17, 15) is 0 Å². The van der Waals surface area contributed by atoms with Crippen molar-refractivity contribution < 1.29 is 4.42 Å². The predicted molar refractivity (Wildman–Crippen MR) is 74.2 cm³/mol. The summed E-state index contributed by atoms with van der Waals surface area (Å²) in [4.78, 5) is 4.16. The van der Waals surface area contributed by atoms with E-state index in [1.54, 1.807) is 6.20 Å². The van der Waals surface area contributed by atoms with Gasteiger partial charge in [0, 0.05) is 17.8 Å². The average Bonchev–Trinajstić information content (AvgIpc) is 2.84. The number of fused-ring (bicyclic) bond motifs is 1. The summed E-state index contributed by atoms with van der Waals surface area (Å²) in [7, 11) is 0. The number of benzene rings is 1. The fourth-order valence-electron chi connectivity index (χ4n) is 2.06. The second-order valence-corrected chi connectivity index (χ2v) is 4.85. The highest BCUT2D eigenvalue weighted by molar-refractivity contribution is 9.10. The van der Waals surface area contributed by atoms with E-state index in [2.05, 4.69) is 20.9 Å². The third-order valence-electron chi connectivity index (χ3n) is 2.95. The van der Waals surface area contributed by atoms with E-state index in [4.69, 9.17) is 10.2 Å². The Morgan fingerprint density at radius 2 is 2.06 bits per heavy atom. The maximum Gasteiger partial charge on any atom is 0.169 e. The predicted octanol–water partition coefficient (Wildman–Crippen LogP) is 3.64. The molecule has 0 spiro atoms. The van der Waals surface area contributed by atoms with Crippen molar-refractivity contribution in [3.05, 3.63) is 64.8 Å². The van der Waals surface area contributed by atoms with Crippen LogP contribution in [0.1, 0.15) is 17.4 Å². The molecule has 4 heteroatoms. The van der Waals surface area contributed by atoms with Crippen molar-refractivity contribution in [3.63, 3.8) is 0 Å². The third-order valence-corrected chi connectivity index (χ3v) is 3.38. The molecule has 2 aromatic heterocycles. The Morgan fingerprint density at radius 1 is 1.17 bits per heavy atom. The van der Waals surface area contributed by atoms with Crippen LogP contribution in [-0.2, 0) is 0 Å². The molecule has 1 atom stereocenters. The van der Waals surface area contributed by atoms with Gasteiger partial charge in [-0.3, -0.25) is 4.98 Å². The van der Waals surface area contributed by atoms with Gasteiger partial charge in [-0.15, -0.1) is 0 Å². The first-order valence-electron chi connectivity index (χ1n) is 5.59. The molecule has 2 heterocycles. The SMILES string of the molecule is NC(c1ccc(Br)o1)c1cccc2ccncc12. The summed E-state index contributed by atoms with van der Waals surface area (Å²) in [6, 6.07) is 11.5. The zero-order valence-corrected chi connectivity index (χ0v) is 11.1. The van der Waals surface area contributed by atoms with Crippen molar-refractivity contribution in [1.29, 1.82) is 0 Å². The smallest absolute Gasteiger partial charge is 0.169 e. The third kappa shape index (κ3) is 1.94. The molecule has 90 valence electrons. The van der Waals surface area contributed by atoms with Crippen LogP contribution < -0.4 is 5.73 Å². The van der Waals surface area contributed by atoms with Crippen LogP contribution in [0, 0.1) is 0 Å². The van der Waals surface area contributed by atoms with Gasteiger partial charge in [0.15, 0.2) is 4.67 Å². The first kappa shape index (κ1) is 11.4. The van der Waals surface area contributed by atoms with E-state index in [-0.39, 0.29) is 6.04 Å². The summed E-state index contributed by atoms with van der Waals surface area (Å²) in [5, 5.41) is 2.18.